The molecule has 2 aromatic rings. The maximum atomic E-state index is 12.3. The average molecular weight is 259 g/mol. The normalized spacial score (nSPS) is 23.4. The van der Waals surface area contributed by atoms with E-state index >= 15 is 0 Å². The molecule has 2 nitrogen and oxygen atoms in total. The molecule has 18 heavy (non-hydrogen) atoms. The molecular formula is C15H17NOS. The zero-order chi connectivity index (χ0) is 12.5. The zero-order valence-electron chi connectivity index (χ0n) is 10.5. The first-order valence-electron chi connectivity index (χ1n) is 6.51. The lowest BCUT2D eigenvalue weighted by Gasteiger charge is -2.11. The molecule has 1 aromatic carbocycles. The lowest BCUT2D eigenvalue weighted by molar-refractivity contribution is 0.0939. The number of nitrogens with one attached hydrogen (secondary N) is 1. The van der Waals surface area contributed by atoms with Gasteiger partial charge in [0.2, 0.25) is 0 Å². The number of thiophene rings is 1. The van der Waals surface area contributed by atoms with Crippen molar-refractivity contribution in [3.63, 3.8) is 0 Å². The van der Waals surface area contributed by atoms with E-state index < -0.39 is 0 Å². The average Bonchev–Trinajstić information content (AvgIpc) is 2.95. The van der Waals surface area contributed by atoms with Crippen LogP contribution in [0.15, 0.2) is 29.6 Å². The molecule has 0 radical (unpaired) electrons. The van der Waals surface area contributed by atoms with Crippen molar-refractivity contribution in [1.29, 1.82) is 0 Å². The Labute approximate surface area is 111 Å². The van der Waals surface area contributed by atoms with Gasteiger partial charge in [-0.3, -0.25) is 4.79 Å². The minimum Gasteiger partial charge on any atom is -0.349 e. The van der Waals surface area contributed by atoms with E-state index in [4.69, 9.17) is 0 Å². The number of fused-ring (bicyclic) bond motifs is 1. The van der Waals surface area contributed by atoms with Crippen LogP contribution in [0.25, 0.3) is 10.1 Å². The monoisotopic (exact) mass is 259 g/mol. The van der Waals surface area contributed by atoms with E-state index in [1.54, 1.807) is 11.3 Å². The first-order chi connectivity index (χ1) is 8.74. The molecule has 0 saturated heterocycles. The van der Waals surface area contributed by atoms with Gasteiger partial charge < -0.3 is 5.32 Å². The van der Waals surface area contributed by atoms with Gasteiger partial charge in [0.05, 0.1) is 5.56 Å². The van der Waals surface area contributed by atoms with E-state index in [1.165, 1.54) is 11.1 Å². The number of amides is 1. The molecule has 1 saturated carbocycles. The van der Waals surface area contributed by atoms with Crippen LogP contribution in [0.2, 0.25) is 0 Å². The highest BCUT2D eigenvalue weighted by molar-refractivity contribution is 7.17. The van der Waals surface area contributed by atoms with Crippen molar-refractivity contribution in [2.24, 2.45) is 5.92 Å². The van der Waals surface area contributed by atoms with Crippen LogP contribution in [0.3, 0.4) is 0 Å². The van der Waals surface area contributed by atoms with Gasteiger partial charge in [-0.05, 0) is 31.2 Å². The molecule has 0 bridgehead atoms. The summed E-state index contributed by atoms with van der Waals surface area (Å²) in [5, 5.41) is 6.22. The van der Waals surface area contributed by atoms with E-state index in [0.29, 0.717) is 6.04 Å². The van der Waals surface area contributed by atoms with Crippen LogP contribution in [0.5, 0.6) is 0 Å². The second-order valence-electron chi connectivity index (χ2n) is 5.23. The van der Waals surface area contributed by atoms with E-state index in [9.17, 15) is 4.79 Å². The molecule has 3 heteroatoms. The van der Waals surface area contributed by atoms with Crippen molar-refractivity contribution < 1.29 is 4.79 Å². The number of carbonyl (C=O) groups excluding carboxylic acids is 1. The van der Waals surface area contributed by atoms with Crippen molar-refractivity contribution in [2.45, 2.75) is 32.2 Å². The van der Waals surface area contributed by atoms with Gasteiger partial charge in [0.15, 0.2) is 0 Å². The summed E-state index contributed by atoms with van der Waals surface area (Å²) >= 11 is 1.64. The predicted octanol–water partition coefficient (Wildman–Crippen LogP) is 3.82. The SMILES string of the molecule is CC1CCC(NC(=O)c2csc3ccccc23)C1. The summed E-state index contributed by atoms with van der Waals surface area (Å²) in [6.07, 6.45) is 3.47. The minimum absolute atomic E-state index is 0.0894. The van der Waals surface area contributed by atoms with Crippen molar-refractivity contribution in [3.05, 3.63) is 35.2 Å². The summed E-state index contributed by atoms with van der Waals surface area (Å²) in [6, 6.07) is 8.46. The number of benzene rings is 1. The van der Waals surface area contributed by atoms with Crippen LogP contribution >= 0.6 is 11.3 Å². The van der Waals surface area contributed by atoms with Gasteiger partial charge in [0.25, 0.3) is 5.91 Å². The third kappa shape index (κ3) is 2.15. The van der Waals surface area contributed by atoms with Gasteiger partial charge in [-0.25, -0.2) is 0 Å². The topological polar surface area (TPSA) is 29.1 Å². The van der Waals surface area contributed by atoms with Crippen molar-refractivity contribution in [2.75, 3.05) is 0 Å². The molecule has 0 spiro atoms. The first kappa shape index (κ1) is 11.7. The van der Waals surface area contributed by atoms with Crippen LogP contribution in [0.4, 0.5) is 0 Å². The molecule has 1 amide bonds. The van der Waals surface area contributed by atoms with Gasteiger partial charge in [-0.1, -0.05) is 25.1 Å². The zero-order valence-corrected chi connectivity index (χ0v) is 11.3. The van der Waals surface area contributed by atoms with Crippen molar-refractivity contribution in [3.8, 4) is 0 Å². The molecule has 1 N–H and O–H groups in total. The van der Waals surface area contributed by atoms with Gasteiger partial charge in [-0.2, -0.15) is 0 Å². The van der Waals surface area contributed by atoms with Gasteiger partial charge in [0.1, 0.15) is 0 Å². The third-order valence-electron chi connectivity index (χ3n) is 3.76. The third-order valence-corrected chi connectivity index (χ3v) is 4.72. The maximum absolute atomic E-state index is 12.3. The molecule has 94 valence electrons. The van der Waals surface area contributed by atoms with E-state index in [2.05, 4.69) is 18.3 Å². The van der Waals surface area contributed by atoms with Crippen LogP contribution < -0.4 is 5.32 Å². The summed E-state index contributed by atoms with van der Waals surface area (Å²) in [7, 11) is 0. The van der Waals surface area contributed by atoms with Crippen molar-refractivity contribution in [1.82, 2.24) is 5.32 Å². The molecule has 1 aliphatic carbocycles. The van der Waals surface area contributed by atoms with Crippen LogP contribution in [-0.4, -0.2) is 11.9 Å². The fraction of sp³-hybridized carbons (Fsp3) is 0.400. The van der Waals surface area contributed by atoms with Crippen LogP contribution in [-0.2, 0) is 0 Å². The molecule has 1 aliphatic rings. The summed E-state index contributed by atoms with van der Waals surface area (Å²) in [5.74, 6) is 0.834. The van der Waals surface area contributed by atoms with Crippen LogP contribution in [0, 0.1) is 5.92 Å². The largest absolute Gasteiger partial charge is 0.349 e. The molecule has 1 heterocycles. The second-order valence-corrected chi connectivity index (χ2v) is 6.15. The minimum atomic E-state index is 0.0894. The molecule has 0 aliphatic heterocycles. The van der Waals surface area contributed by atoms with Gasteiger partial charge >= 0.3 is 0 Å². The lowest BCUT2D eigenvalue weighted by Crippen LogP contribution is -2.32. The maximum Gasteiger partial charge on any atom is 0.252 e. The lowest BCUT2D eigenvalue weighted by atomic mass is 10.1. The smallest absolute Gasteiger partial charge is 0.252 e. The molecule has 3 rings (SSSR count). The number of hydrogen-bond acceptors (Lipinski definition) is 2. The standard InChI is InChI=1S/C15H17NOS/c1-10-6-7-11(8-10)16-15(17)13-9-18-14-5-3-2-4-12(13)14/h2-5,9-11H,6-8H2,1H3,(H,16,17). The predicted molar refractivity (Wildman–Crippen MR) is 76.1 cm³/mol. The molecular weight excluding hydrogens is 242 g/mol. The first-order valence-corrected chi connectivity index (χ1v) is 7.39. The van der Waals surface area contributed by atoms with Gasteiger partial charge in [-0.15, -0.1) is 11.3 Å². The van der Waals surface area contributed by atoms with E-state index in [1.807, 2.05) is 23.6 Å². The Kier molecular flexibility index (Phi) is 3.08. The Morgan fingerprint density at radius 2 is 2.17 bits per heavy atom. The Bertz CT molecular complexity index is 575. The molecule has 2 unspecified atom stereocenters. The van der Waals surface area contributed by atoms with Crippen molar-refractivity contribution >= 4 is 27.3 Å². The van der Waals surface area contributed by atoms with E-state index in [-0.39, 0.29) is 5.91 Å². The Morgan fingerprint density at radius 3 is 2.94 bits per heavy atom. The highest BCUT2D eigenvalue weighted by Gasteiger charge is 2.23. The Hall–Kier alpha value is -1.35. The summed E-state index contributed by atoms with van der Waals surface area (Å²) in [4.78, 5) is 12.3. The quantitative estimate of drug-likeness (QED) is 0.872. The number of hydrogen-bond donors (Lipinski definition) is 1. The Morgan fingerprint density at radius 1 is 1.33 bits per heavy atom. The fourth-order valence-electron chi connectivity index (χ4n) is 2.75. The Balaban J connectivity index is 1.80. The molecule has 1 fully saturated rings. The fourth-order valence-corrected chi connectivity index (χ4v) is 3.70. The molecule has 1 aromatic heterocycles. The number of carbonyl (C=O) groups is 1. The molecule has 2 atom stereocenters. The van der Waals surface area contributed by atoms with E-state index in [0.717, 1.165) is 29.7 Å². The van der Waals surface area contributed by atoms with Crippen LogP contribution in [0.1, 0.15) is 36.5 Å². The number of rotatable bonds is 2. The summed E-state index contributed by atoms with van der Waals surface area (Å²) < 4.78 is 1.18. The summed E-state index contributed by atoms with van der Waals surface area (Å²) in [5.41, 5.74) is 0.829. The second kappa shape index (κ2) is 4.73. The highest BCUT2D eigenvalue weighted by Crippen LogP contribution is 2.28. The highest BCUT2D eigenvalue weighted by atomic mass is 32.1. The summed E-state index contributed by atoms with van der Waals surface area (Å²) in [6.45, 7) is 2.26. The van der Waals surface area contributed by atoms with Gasteiger partial charge in [0, 0.05) is 21.5 Å².